The zero-order valence-electron chi connectivity index (χ0n) is 11.8. The molecule has 0 aliphatic heterocycles. The maximum Gasteiger partial charge on any atom is 0.0172 e. The highest BCUT2D eigenvalue weighted by Crippen LogP contribution is 1.99. The third-order valence-electron chi connectivity index (χ3n) is 2.27. The smallest absolute Gasteiger partial charge is 0.0172 e. The quantitative estimate of drug-likeness (QED) is 0.608. The molecule has 0 radical (unpaired) electrons. The molecule has 0 saturated heterocycles. The minimum Gasteiger partial charge on any atom is -0.292 e. The van der Waals surface area contributed by atoms with Gasteiger partial charge >= 0.3 is 0 Å². The molecule has 0 saturated carbocycles. The molecule has 0 atom stereocenters. The second kappa shape index (κ2) is 8.35. The van der Waals surface area contributed by atoms with E-state index in [0.29, 0.717) is 0 Å². The SMILES string of the molecule is CC(C)=CCN(CC=C(C)C)CC=C(C)C. The van der Waals surface area contributed by atoms with Crippen molar-refractivity contribution in [3.63, 3.8) is 0 Å². The van der Waals surface area contributed by atoms with Gasteiger partial charge < -0.3 is 0 Å². The maximum atomic E-state index is 2.44. The van der Waals surface area contributed by atoms with Crippen LogP contribution in [0.3, 0.4) is 0 Å². The van der Waals surface area contributed by atoms with Gasteiger partial charge in [-0.3, -0.25) is 4.90 Å². The van der Waals surface area contributed by atoms with Crippen LogP contribution in [0.2, 0.25) is 0 Å². The van der Waals surface area contributed by atoms with Crippen molar-refractivity contribution >= 4 is 0 Å². The van der Waals surface area contributed by atoms with Crippen LogP contribution in [0.25, 0.3) is 0 Å². The molecule has 0 aliphatic rings. The first kappa shape index (κ1) is 15.2. The Bertz CT molecular complexity index is 222. The van der Waals surface area contributed by atoms with Crippen LogP contribution in [-0.2, 0) is 0 Å². The van der Waals surface area contributed by atoms with E-state index in [1.54, 1.807) is 0 Å². The highest BCUT2D eigenvalue weighted by atomic mass is 15.1. The molecule has 0 bridgehead atoms. The standard InChI is InChI=1S/C15H27N/c1-13(2)7-10-16(11-8-14(3)4)12-9-15(5)6/h7-9H,10-12H2,1-6H3. The number of rotatable bonds is 6. The first-order chi connectivity index (χ1) is 7.41. The van der Waals surface area contributed by atoms with E-state index >= 15 is 0 Å². The number of hydrogen-bond donors (Lipinski definition) is 0. The summed E-state index contributed by atoms with van der Waals surface area (Å²) in [5.41, 5.74) is 4.17. The predicted octanol–water partition coefficient (Wildman–Crippen LogP) is 4.19. The summed E-state index contributed by atoms with van der Waals surface area (Å²) in [5.74, 6) is 0. The van der Waals surface area contributed by atoms with Crippen molar-refractivity contribution in [1.29, 1.82) is 0 Å². The number of hydrogen-bond acceptors (Lipinski definition) is 1. The van der Waals surface area contributed by atoms with Crippen LogP contribution in [-0.4, -0.2) is 24.5 Å². The van der Waals surface area contributed by atoms with Gasteiger partial charge in [0.05, 0.1) is 0 Å². The summed E-state index contributed by atoms with van der Waals surface area (Å²) in [5, 5.41) is 0. The van der Waals surface area contributed by atoms with Gasteiger partial charge in [-0.25, -0.2) is 0 Å². The van der Waals surface area contributed by atoms with Crippen molar-refractivity contribution in [3.8, 4) is 0 Å². The van der Waals surface area contributed by atoms with Gasteiger partial charge in [0, 0.05) is 19.6 Å². The van der Waals surface area contributed by atoms with E-state index in [0.717, 1.165) is 19.6 Å². The van der Waals surface area contributed by atoms with Crippen molar-refractivity contribution < 1.29 is 0 Å². The van der Waals surface area contributed by atoms with Gasteiger partial charge in [-0.1, -0.05) is 34.9 Å². The Balaban J connectivity index is 4.33. The molecule has 0 spiro atoms. The molecule has 0 fully saturated rings. The molecule has 0 aliphatic carbocycles. The largest absolute Gasteiger partial charge is 0.292 e. The van der Waals surface area contributed by atoms with Crippen molar-refractivity contribution in [2.45, 2.75) is 41.5 Å². The maximum absolute atomic E-state index is 2.44. The third kappa shape index (κ3) is 9.72. The summed E-state index contributed by atoms with van der Waals surface area (Å²) in [4.78, 5) is 2.44. The van der Waals surface area contributed by atoms with Crippen molar-refractivity contribution in [3.05, 3.63) is 34.9 Å². The first-order valence-corrected chi connectivity index (χ1v) is 6.04. The topological polar surface area (TPSA) is 3.24 Å². The molecule has 0 unspecified atom stereocenters. The second-order valence-electron chi connectivity index (χ2n) is 5.06. The van der Waals surface area contributed by atoms with Crippen LogP contribution >= 0.6 is 0 Å². The van der Waals surface area contributed by atoms with E-state index < -0.39 is 0 Å². The Labute approximate surface area is 102 Å². The monoisotopic (exact) mass is 221 g/mol. The predicted molar refractivity (Wildman–Crippen MR) is 74.7 cm³/mol. The number of nitrogens with zero attached hydrogens (tertiary/aromatic N) is 1. The molecule has 0 aromatic rings. The van der Waals surface area contributed by atoms with E-state index in [2.05, 4.69) is 64.7 Å². The fourth-order valence-electron chi connectivity index (χ4n) is 1.16. The van der Waals surface area contributed by atoms with E-state index in [1.165, 1.54) is 16.7 Å². The van der Waals surface area contributed by atoms with Crippen LogP contribution in [0.15, 0.2) is 34.9 Å². The number of allylic oxidation sites excluding steroid dienone is 3. The summed E-state index contributed by atoms with van der Waals surface area (Å²) in [6.45, 7) is 16.0. The summed E-state index contributed by atoms with van der Waals surface area (Å²) in [6, 6.07) is 0. The van der Waals surface area contributed by atoms with Gasteiger partial charge in [0.2, 0.25) is 0 Å². The van der Waals surface area contributed by atoms with Crippen LogP contribution < -0.4 is 0 Å². The Kier molecular flexibility index (Phi) is 7.92. The van der Waals surface area contributed by atoms with Crippen LogP contribution in [0.4, 0.5) is 0 Å². The van der Waals surface area contributed by atoms with Crippen LogP contribution in [0.5, 0.6) is 0 Å². The van der Waals surface area contributed by atoms with Crippen molar-refractivity contribution in [2.24, 2.45) is 0 Å². The highest BCUT2D eigenvalue weighted by molar-refractivity contribution is 5.02. The molecule has 1 heteroatoms. The average Bonchev–Trinajstić information content (AvgIpc) is 2.15. The Morgan fingerprint density at radius 2 is 0.875 bits per heavy atom. The van der Waals surface area contributed by atoms with Crippen molar-refractivity contribution in [1.82, 2.24) is 4.90 Å². The van der Waals surface area contributed by atoms with E-state index in [1.807, 2.05) is 0 Å². The third-order valence-corrected chi connectivity index (χ3v) is 2.27. The van der Waals surface area contributed by atoms with E-state index in [4.69, 9.17) is 0 Å². The summed E-state index contributed by atoms with van der Waals surface area (Å²) in [6.07, 6.45) is 6.87. The lowest BCUT2D eigenvalue weighted by Gasteiger charge is -2.17. The second-order valence-corrected chi connectivity index (χ2v) is 5.06. The Morgan fingerprint density at radius 3 is 1.06 bits per heavy atom. The molecule has 1 nitrogen and oxygen atoms in total. The van der Waals surface area contributed by atoms with Gasteiger partial charge in [0.1, 0.15) is 0 Å². The molecule has 0 aromatic heterocycles. The highest BCUT2D eigenvalue weighted by Gasteiger charge is 1.98. The molecular formula is C15H27N. The van der Waals surface area contributed by atoms with Gasteiger partial charge in [0.25, 0.3) is 0 Å². The summed E-state index contributed by atoms with van der Waals surface area (Å²) < 4.78 is 0. The minimum absolute atomic E-state index is 1.04. The molecule has 0 N–H and O–H groups in total. The fourth-order valence-corrected chi connectivity index (χ4v) is 1.16. The molecule has 0 rings (SSSR count). The fraction of sp³-hybridized carbons (Fsp3) is 0.600. The molecule has 0 heterocycles. The van der Waals surface area contributed by atoms with Gasteiger partial charge in [-0.05, 0) is 41.5 Å². The normalized spacial score (nSPS) is 9.94. The summed E-state index contributed by atoms with van der Waals surface area (Å²) in [7, 11) is 0. The molecule has 0 aromatic carbocycles. The van der Waals surface area contributed by atoms with Gasteiger partial charge in [0.15, 0.2) is 0 Å². The summed E-state index contributed by atoms with van der Waals surface area (Å²) >= 11 is 0. The van der Waals surface area contributed by atoms with Gasteiger partial charge in [-0.2, -0.15) is 0 Å². The molecular weight excluding hydrogens is 194 g/mol. The lowest BCUT2D eigenvalue weighted by molar-refractivity contribution is 0.370. The van der Waals surface area contributed by atoms with Crippen molar-refractivity contribution in [2.75, 3.05) is 19.6 Å². The Morgan fingerprint density at radius 1 is 0.625 bits per heavy atom. The molecule has 92 valence electrons. The zero-order chi connectivity index (χ0) is 12.6. The van der Waals surface area contributed by atoms with Crippen LogP contribution in [0.1, 0.15) is 41.5 Å². The van der Waals surface area contributed by atoms with Crippen LogP contribution in [0, 0.1) is 0 Å². The first-order valence-electron chi connectivity index (χ1n) is 6.04. The lowest BCUT2D eigenvalue weighted by atomic mass is 10.2. The van der Waals surface area contributed by atoms with E-state index in [-0.39, 0.29) is 0 Å². The average molecular weight is 221 g/mol. The van der Waals surface area contributed by atoms with Gasteiger partial charge in [-0.15, -0.1) is 0 Å². The Hall–Kier alpha value is -0.820. The lowest BCUT2D eigenvalue weighted by Crippen LogP contribution is -2.24. The molecule has 16 heavy (non-hydrogen) atoms. The zero-order valence-corrected chi connectivity index (χ0v) is 11.8. The van der Waals surface area contributed by atoms with E-state index in [9.17, 15) is 0 Å². The minimum atomic E-state index is 1.04. The molecule has 0 amide bonds.